The van der Waals surface area contributed by atoms with E-state index in [4.69, 9.17) is 0 Å². The summed E-state index contributed by atoms with van der Waals surface area (Å²) >= 11 is 6.66. The van der Waals surface area contributed by atoms with E-state index < -0.39 is 5.82 Å². The van der Waals surface area contributed by atoms with Crippen LogP contribution >= 0.6 is 31.9 Å². The maximum atomic E-state index is 13.6. The van der Waals surface area contributed by atoms with Crippen molar-refractivity contribution in [1.29, 1.82) is 0 Å². The molecule has 1 aliphatic carbocycles. The molecule has 0 aromatic heterocycles. The third-order valence-corrected chi connectivity index (χ3v) is 4.78. The molecule has 2 unspecified atom stereocenters. The van der Waals surface area contributed by atoms with Gasteiger partial charge >= 0.3 is 0 Å². The lowest BCUT2D eigenvalue weighted by Crippen LogP contribution is -2.08. The molecule has 0 spiro atoms. The molecule has 1 aromatic carbocycles. The Morgan fingerprint density at radius 3 is 2.40 bits per heavy atom. The molecule has 1 aromatic rings. The zero-order valence-corrected chi connectivity index (χ0v) is 11.1. The standard InChI is InChI=1S/C11H10Br2F2/c12-7-3-1-2-6(7)10-8(14)4-5-9(15)11(10)13/h4-7H,1-3H2. The highest BCUT2D eigenvalue weighted by molar-refractivity contribution is 9.10. The number of halogens is 4. The van der Waals surface area contributed by atoms with Gasteiger partial charge in [-0.1, -0.05) is 22.4 Å². The summed E-state index contributed by atoms with van der Waals surface area (Å²) in [6, 6.07) is 2.36. The van der Waals surface area contributed by atoms with Crippen molar-refractivity contribution in [2.24, 2.45) is 0 Å². The Morgan fingerprint density at radius 1 is 1.13 bits per heavy atom. The van der Waals surface area contributed by atoms with Crippen LogP contribution in [0.4, 0.5) is 8.78 Å². The van der Waals surface area contributed by atoms with Crippen molar-refractivity contribution in [1.82, 2.24) is 0 Å². The molecule has 15 heavy (non-hydrogen) atoms. The largest absolute Gasteiger partial charge is 0.207 e. The third kappa shape index (κ3) is 2.11. The first kappa shape index (κ1) is 11.5. The van der Waals surface area contributed by atoms with Gasteiger partial charge in [-0.2, -0.15) is 0 Å². The normalized spacial score (nSPS) is 25.9. The lowest BCUT2D eigenvalue weighted by molar-refractivity contribution is 0.558. The first-order valence-electron chi connectivity index (χ1n) is 4.88. The molecule has 0 radical (unpaired) electrons. The zero-order chi connectivity index (χ0) is 11.0. The molecule has 0 N–H and O–H groups in total. The Kier molecular flexibility index (Phi) is 3.45. The van der Waals surface area contributed by atoms with Crippen LogP contribution in [0.5, 0.6) is 0 Å². The molecule has 0 bridgehead atoms. The first-order chi connectivity index (χ1) is 7.11. The average Bonchev–Trinajstić information content (AvgIpc) is 2.60. The van der Waals surface area contributed by atoms with Crippen molar-refractivity contribution in [3.63, 3.8) is 0 Å². The summed E-state index contributed by atoms with van der Waals surface area (Å²) in [5, 5.41) is 0. The minimum absolute atomic E-state index is 0.0788. The van der Waals surface area contributed by atoms with Crippen molar-refractivity contribution in [3.05, 3.63) is 33.8 Å². The molecule has 1 aliphatic rings. The van der Waals surface area contributed by atoms with E-state index in [9.17, 15) is 8.78 Å². The molecule has 0 aliphatic heterocycles. The van der Waals surface area contributed by atoms with Crippen molar-refractivity contribution in [3.8, 4) is 0 Å². The van der Waals surface area contributed by atoms with E-state index in [0.717, 1.165) is 25.3 Å². The quantitative estimate of drug-likeness (QED) is 0.511. The van der Waals surface area contributed by atoms with E-state index in [2.05, 4.69) is 31.9 Å². The van der Waals surface area contributed by atoms with Gasteiger partial charge in [-0.3, -0.25) is 0 Å². The SMILES string of the molecule is Fc1ccc(F)c(C2CCCC2Br)c1Br. The lowest BCUT2D eigenvalue weighted by Gasteiger charge is -2.17. The maximum Gasteiger partial charge on any atom is 0.137 e. The van der Waals surface area contributed by atoms with Crippen molar-refractivity contribution < 1.29 is 8.78 Å². The summed E-state index contributed by atoms with van der Waals surface area (Å²) in [6.45, 7) is 0. The Balaban J connectivity index is 2.46. The molecule has 2 rings (SSSR count). The van der Waals surface area contributed by atoms with Gasteiger partial charge in [0.2, 0.25) is 0 Å². The average molecular weight is 340 g/mol. The van der Waals surface area contributed by atoms with E-state index in [-0.39, 0.29) is 21.0 Å². The first-order valence-corrected chi connectivity index (χ1v) is 6.59. The number of hydrogen-bond acceptors (Lipinski definition) is 0. The Morgan fingerprint density at radius 2 is 1.80 bits per heavy atom. The fraction of sp³-hybridized carbons (Fsp3) is 0.455. The Labute approximate surface area is 104 Å². The molecule has 1 saturated carbocycles. The van der Waals surface area contributed by atoms with Gasteiger partial charge < -0.3 is 0 Å². The molecule has 0 nitrogen and oxygen atoms in total. The lowest BCUT2D eigenvalue weighted by atomic mass is 9.97. The van der Waals surface area contributed by atoms with Crippen LogP contribution in [0.3, 0.4) is 0 Å². The Bertz CT molecular complexity index is 379. The minimum atomic E-state index is -0.391. The molecule has 82 valence electrons. The molecule has 1 fully saturated rings. The van der Waals surface area contributed by atoms with Gasteiger partial charge in [0.25, 0.3) is 0 Å². The van der Waals surface area contributed by atoms with Crippen LogP contribution in [0.25, 0.3) is 0 Å². The van der Waals surface area contributed by atoms with E-state index in [1.54, 1.807) is 0 Å². The molecule has 2 atom stereocenters. The summed E-state index contributed by atoms with van der Waals surface area (Å²) in [7, 11) is 0. The van der Waals surface area contributed by atoms with Gasteiger partial charge in [0.1, 0.15) is 11.6 Å². The van der Waals surface area contributed by atoms with Crippen LogP contribution in [0, 0.1) is 11.6 Å². The van der Waals surface area contributed by atoms with Gasteiger partial charge in [0.15, 0.2) is 0 Å². The van der Waals surface area contributed by atoms with Crippen LogP contribution in [0.1, 0.15) is 30.7 Å². The van der Waals surface area contributed by atoms with Gasteiger partial charge in [-0.25, -0.2) is 8.78 Å². The number of benzene rings is 1. The summed E-state index contributed by atoms with van der Waals surface area (Å²) in [4.78, 5) is 0.255. The van der Waals surface area contributed by atoms with Crippen LogP contribution in [-0.2, 0) is 0 Å². The van der Waals surface area contributed by atoms with Crippen molar-refractivity contribution >= 4 is 31.9 Å². The molecule has 0 heterocycles. The van der Waals surface area contributed by atoms with Gasteiger partial charge in [0.05, 0.1) is 4.47 Å². The topological polar surface area (TPSA) is 0 Å². The number of hydrogen-bond donors (Lipinski definition) is 0. The fourth-order valence-electron chi connectivity index (χ4n) is 2.12. The second kappa shape index (κ2) is 4.50. The summed E-state index contributed by atoms with van der Waals surface area (Å²) < 4.78 is 27.2. The van der Waals surface area contributed by atoms with Crippen molar-refractivity contribution in [2.45, 2.75) is 30.0 Å². The van der Waals surface area contributed by atoms with Crippen LogP contribution < -0.4 is 0 Å². The van der Waals surface area contributed by atoms with Crippen molar-refractivity contribution in [2.75, 3.05) is 0 Å². The van der Waals surface area contributed by atoms with Gasteiger partial charge in [-0.15, -0.1) is 0 Å². The van der Waals surface area contributed by atoms with E-state index in [1.165, 1.54) is 6.07 Å². The van der Waals surface area contributed by atoms with Crippen LogP contribution in [0.2, 0.25) is 0 Å². The summed E-state index contributed by atoms with van der Waals surface area (Å²) in [5.41, 5.74) is 0.481. The monoisotopic (exact) mass is 338 g/mol. The van der Waals surface area contributed by atoms with Crippen LogP contribution in [0.15, 0.2) is 16.6 Å². The highest BCUT2D eigenvalue weighted by Crippen LogP contribution is 2.43. The molecular formula is C11H10Br2F2. The van der Waals surface area contributed by atoms with E-state index in [1.807, 2.05) is 0 Å². The maximum absolute atomic E-state index is 13.6. The minimum Gasteiger partial charge on any atom is -0.207 e. The van der Waals surface area contributed by atoms with Gasteiger partial charge in [-0.05, 0) is 40.9 Å². The molecular weight excluding hydrogens is 330 g/mol. The highest BCUT2D eigenvalue weighted by atomic mass is 79.9. The fourth-order valence-corrected chi connectivity index (χ4v) is 3.59. The molecule has 4 heteroatoms. The smallest absolute Gasteiger partial charge is 0.137 e. The van der Waals surface area contributed by atoms with Crippen LogP contribution in [-0.4, -0.2) is 4.83 Å². The number of alkyl halides is 1. The summed E-state index contributed by atoms with van der Waals surface area (Å²) in [6.07, 6.45) is 2.99. The zero-order valence-electron chi connectivity index (χ0n) is 7.94. The highest BCUT2D eigenvalue weighted by Gasteiger charge is 2.30. The molecule has 0 saturated heterocycles. The Hall–Kier alpha value is 0.0400. The third-order valence-electron chi connectivity index (χ3n) is 2.88. The predicted octanol–water partition coefficient (Wildman–Crippen LogP) is 4.76. The number of rotatable bonds is 1. The molecule has 0 amide bonds. The predicted molar refractivity (Wildman–Crippen MR) is 63.4 cm³/mol. The van der Waals surface area contributed by atoms with Gasteiger partial charge in [0, 0.05) is 16.3 Å². The second-order valence-corrected chi connectivity index (χ2v) is 5.78. The second-order valence-electron chi connectivity index (χ2n) is 3.81. The van der Waals surface area contributed by atoms with E-state index in [0.29, 0.717) is 5.56 Å². The summed E-state index contributed by atoms with van der Waals surface area (Å²) in [5.74, 6) is -0.632. The van der Waals surface area contributed by atoms with E-state index >= 15 is 0 Å².